The van der Waals surface area contributed by atoms with Crippen LogP contribution in [0.25, 0.3) is 0 Å². The maximum absolute atomic E-state index is 10.9. The number of benzene rings is 2. The summed E-state index contributed by atoms with van der Waals surface area (Å²) in [5, 5.41) is 31.5. The number of hydrogen-bond donors (Lipinski definition) is 3. The highest BCUT2D eigenvalue weighted by atomic mass is 16.3. The van der Waals surface area contributed by atoms with Crippen LogP contribution in [-0.2, 0) is 25.7 Å². The van der Waals surface area contributed by atoms with Gasteiger partial charge in [0, 0.05) is 17.5 Å². The summed E-state index contributed by atoms with van der Waals surface area (Å²) in [6, 6.07) is 11.9. The van der Waals surface area contributed by atoms with Crippen molar-refractivity contribution in [1.82, 2.24) is 0 Å². The van der Waals surface area contributed by atoms with Crippen LogP contribution < -0.4 is 0 Å². The molecule has 0 aliphatic carbocycles. The van der Waals surface area contributed by atoms with Gasteiger partial charge in [-0.05, 0) is 57.2 Å². The fourth-order valence-electron chi connectivity index (χ4n) is 3.04. The van der Waals surface area contributed by atoms with Crippen molar-refractivity contribution in [3.8, 4) is 11.5 Å². The normalized spacial score (nSPS) is 11.9. The molecule has 0 bridgehead atoms. The highest BCUT2D eigenvalue weighted by molar-refractivity contribution is 5.54. The predicted molar refractivity (Wildman–Crippen MR) is 111 cm³/mol. The van der Waals surface area contributed by atoms with Crippen LogP contribution in [0.15, 0.2) is 60.2 Å². The van der Waals surface area contributed by atoms with Gasteiger partial charge in [0.2, 0.25) is 0 Å². The summed E-state index contributed by atoms with van der Waals surface area (Å²) in [6.07, 6.45) is 3.56. The van der Waals surface area contributed by atoms with Gasteiger partial charge in [0.25, 0.3) is 0 Å². The smallest absolute Gasteiger partial charge is 0.126 e. The average Bonchev–Trinajstić information content (AvgIpc) is 2.63. The van der Waals surface area contributed by atoms with Crippen molar-refractivity contribution in [1.29, 1.82) is 0 Å². The third-order valence-corrected chi connectivity index (χ3v) is 4.79. The van der Waals surface area contributed by atoms with E-state index in [-0.39, 0.29) is 17.9 Å². The number of phenolic OH excluding ortho intramolecular Hbond substituents is 2. The molecule has 0 unspecified atom stereocenters. The quantitative estimate of drug-likeness (QED) is 0.584. The summed E-state index contributed by atoms with van der Waals surface area (Å²) >= 11 is 0. The van der Waals surface area contributed by atoms with Crippen LogP contribution in [0.1, 0.15) is 43.0 Å². The molecule has 0 saturated carbocycles. The first-order valence-electron chi connectivity index (χ1n) is 9.36. The largest absolute Gasteiger partial charge is 0.508 e. The zero-order chi connectivity index (χ0) is 20.0. The number of aliphatic hydroxyl groups is 1. The van der Waals surface area contributed by atoms with E-state index in [4.69, 9.17) is 0 Å². The van der Waals surface area contributed by atoms with E-state index in [1.807, 2.05) is 32.0 Å². The number of aryl methyl sites for hydroxylation is 2. The van der Waals surface area contributed by atoms with Crippen LogP contribution in [0.5, 0.6) is 11.5 Å². The van der Waals surface area contributed by atoms with Crippen molar-refractivity contribution in [2.24, 2.45) is 0 Å². The van der Waals surface area contributed by atoms with Crippen molar-refractivity contribution in [2.75, 3.05) is 0 Å². The second-order valence-electron chi connectivity index (χ2n) is 7.40. The molecule has 3 heteroatoms. The van der Waals surface area contributed by atoms with E-state index in [9.17, 15) is 15.3 Å². The monoisotopic (exact) mass is 366 g/mol. The van der Waals surface area contributed by atoms with Gasteiger partial charge in [-0.25, -0.2) is 0 Å². The number of hydrogen-bond acceptors (Lipinski definition) is 3. The van der Waals surface area contributed by atoms with Gasteiger partial charge in [0.05, 0.1) is 6.10 Å². The first-order chi connectivity index (χ1) is 12.8. The molecule has 2 aromatic carbocycles. The minimum Gasteiger partial charge on any atom is -0.508 e. The standard InChI is InChI=1S/C24H30O3/c1-16(2)10-13-20-19(12-11-18-8-6-5-7-9-18)14-23(26)21(24(20)27)15-22(25)17(3)4/h5-10,14,22,25-27H,3,11-13,15H2,1-2,4H3/t22-/m0/s1. The Kier molecular flexibility index (Phi) is 7.26. The summed E-state index contributed by atoms with van der Waals surface area (Å²) in [7, 11) is 0. The second kappa shape index (κ2) is 9.43. The van der Waals surface area contributed by atoms with E-state index in [2.05, 4.69) is 24.8 Å². The molecule has 3 N–H and O–H groups in total. The highest BCUT2D eigenvalue weighted by Gasteiger charge is 2.19. The Morgan fingerprint density at radius 2 is 1.70 bits per heavy atom. The first kappa shape index (κ1) is 20.8. The Bertz CT molecular complexity index is 815. The second-order valence-corrected chi connectivity index (χ2v) is 7.40. The number of aromatic hydroxyl groups is 2. The van der Waals surface area contributed by atoms with Gasteiger partial charge in [0.15, 0.2) is 0 Å². The minimum atomic E-state index is -0.798. The molecule has 1 atom stereocenters. The average molecular weight is 367 g/mol. The van der Waals surface area contributed by atoms with Crippen LogP contribution in [0.2, 0.25) is 0 Å². The van der Waals surface area contributed by atoms with Crippen LogP contribution in [0.4, 0.5) is 0 Å². The van der Waals surface area contributed by atoms with Crippen LogP contribution in [-0.4, -0.2) is 21.4 Å². The zero-order valence-electron chi connectivity index (χ0n) is 16.5. The highest BCUT2D eigenvalue weighted by Crippen LogP contribution is 2.36. The summed E-state index contributed by atoms with van der Waals surface area (Å²) in [4.78, 5) is 0. The molecule has 3 nitrogen and oxygen atoms in total. The van der Waals surface area contributed by atoms with Crippen LogP contribution in [0, 0.1) is 0 Å². The fraction of sp³-hybridized carbons (Fsp3) is 0.333. The fourth-order valence-corrected chi connectivity index (χ4v) is 3.04. The lowest BCUT2D eigenvalue weighted by Crippen LogP contribution is -2.12. The molecule has 0 fully saturated rings. The van der Waals surface area contributed by atoms with Crippen molar-refractivity contribution >= 4 is 0 Å². The van der Waals surface area contributed by atoms with E-state index in [0.717, 1.165) is 24.0 Å². The molecule has 2 aromatic rings. The van der Waals surface area contributed by atoms with Gasteiger partial charge in [-0.1, -0.05) is 54.1 Å². The maximum Gasteiger partial charge on any atom is 0.126 e. The summed E-state index contributed by atoms with van der Waals surface area (Å²) in [5.41, 5.74) is 5.11. The van der Waals surface area contributed by atoms with Crippen LogP contribution in [0.3, 0.4) is 0 Å². The van der Waals surface area contributed by atoms with Crippen LogP contribution >= 0.6 is 0 Å². The molecule has 0 radical (unpaired) electrons. The Hall–Kier alpha value is -2.52. The molecule has 0 heterocycles. The van der Waals surface area contributed by atoms with Crippen molar-refractivity contribution < 1.29 is 15.3 Å². The third kappa shape index (κ3) is 5.73. The summed E-state index contributed by atoms with van der Waals surface area (Å²) < 4.78 is 0. The Balaban J connectivity index is 2.39. The molecule has 144 valence electrons. The SMILES string of the molecule is C=C(C)[C@@H](O)Cc1c(O)cc(CCc2ccccc2)c(CC=C(C)C)c1O. The predicted octanol–water partition coefficient (Wildman–Crippen LogP) is 4.87. The van der Waals surface area contributed by atoms with Gasteiger partial charge in [-0.2, -0.15) is 0 Å². The van der Waals surface area contributed by atoms with Gasteiger partial charge in [0.1, 0.15) is 11.5 Å². The van der Waals surface area contributed by atoms with Crippen molar-refractivity contribution in [3.63, 3.8) is 0 Å². The lowest BCUT2D eigenvalue weighted by molar-refractivity contribution is 0.209. The molecule has 2 rings (SSSR count). The van der Waals surface area contributed by atoms with Crippen molar-refractivity contribution in [2.45, 2.75) is 52.6 Å². The van der Waals surface area contributed by atoms with E-state index in [1.54, 1.807) is 13.0 Å². The molecular weight excluding hydrogens is 336 g/mol. The summed E-state index contributed by atoms with van der Waals surface area (Å²) in [6.45, 7) is 9.52. The number of rotatable bonds is 8. The molecule has 0 saturated heterocycles. The van der Waals surface area contributed by atoms with E-state index in [1.165, 1.54) is 11.1 Å². The topological polar surface area (TPSA) is 60.7 Å². The maximum atomic E-state index is 10.9. The van der Waals surface area contributed by atoms with E-state index >= 15 is 0 Å². The number of aliphatic hydroxyl groups excluding tert-OH is 1. The van der Waals surface area contributed by atoms with Gasteiger partial charge in [-0.3, -0.25) is 0 Å². The number of allylic oxidation sites excluding steroid dienone is 2. The number of phenols is 2. The Morgan fingerprint density at radius 1 is 1.04 bits per heavy atom. The minimum absolute atomic E-state index is 0.0248. The molecule has 0 aromatic heterocycles. The Labute approximate surface area is 162 Å². The lowest BCUT2D eigenvalue weighted by Gasteiger charge is -2.18. The first-order valence-corrected chi connectivity index (χ1v) is 9.36. The molecule has 0 aliphatic heterocycles. The van der Waals surface area contributed by atoms with E-state index in [0.29, 0.717) is 17.6 Å². The van der Waals surface area contributed by atoms with Crippen molar-refractivity contribution in [3.05, 3.63) is 82.5 Å². The molecule has 0 spiro atoms. The van der Waals surface area contributed by atoms with Gasteiger partial charge in [-0.15, -0.1) is 0 Å². The third-order valence-electron chi connectivity index (χ3n) is 4.79. The van der Waals surface area contributed by atoms with Gasteiger partial charge < -0.3 is 15.3 Å². The Morgan fingerprint density at radius 3 is 2.30 bits per heavy atom. The summed E-state index contributed by atoms with van der Waals surface area (Å²) in [5.74, 6) is 0.104. The van der Waals surface area contributed by atoms with Gasteiger partial charge >= 0.3 is 0 Å². The molecule has 27 heavy (non-hydrogen) atoms. The molecule has 0 amide bonds. The molecule has 0 aliphatic rings. The lowest BCUT2D eigenvalue weighted by atomic mass is 9.91. The molecular formula is C24H30O3. The van der Waals surface area contributed by atoms with E-state index < -0.39 is 6.10 Å². The zero-order valence-corrected chi connectivity index (χ0v) is 16.5.